The molecule has 1 saturated heterocycles. The zero-order chi connectivity index (χ0) is 14.2. The van der Waals surface area contributed by atoms with Gasteiger partial charge in [0.1, 0.15) is 10.0 Å². The summed E-state index contributed by atoms with van der Waals surface area (Å²) in [6.45, 7) is 3.94. The van der Waals surface area contributed by atoms with Crippen LogP contribution >= 0.6 is 27.5 Å². The maximum absolute atomic E-state index is 12.8. The van der Waals surface area contributed by atoms with Gasteiger partial charge in [-0.15, -0.1) is 0 Å². The van der Waals surface area contributed by atoms with E-state index in [9.17, 15) is 8.42 Å². The van der Waals surface area contributed by atoms with Crippen molar-refractivity contribution in [2.45, 2.75) is 50.1 Å². The number of hydrogen-bond donors (Lipinski definition) is 0. The normalized spacial score (nSPS) is 24.8. The van der Waals surface area contributed by atoms with E-state index >= 15 is 0 Å². The van der Waals surface area contributed by atoms with Gasteiger partial charge < -0.3 is 0 Å². The zero-order valence-electron chi connectivity index (χ0n) is 10.8. The number of aromatic nitrogens is 1. The molecule has 0 amide bonds. The van der Waals surface area contributed by atoms with Crippen LogP contribution in [0.2, 0.25) is 5.15 Å². The predicted molar refractivity (Wildman–Crippen MR) is 78.7 cm³/mol. The standard InChI is InChI=1S/C12H16BrClN2O2S/c1-3-10-5-4-8(2)16(10)19(17,18)11-6-9(13)7-15-12(11)14/h6-8,10H,3-5H2,1-2H3. The first kappa shape index (κ1) is 15.2. The highest BCUT2D eigenvalue weighted by Crippen LogP contribution is 2.34. The highest BCUT2D eigenvalue weighted by molar-refractivity contribution is 9.10. The number of nitrogens with zero attached hydrogens (tertiary/aromatic N) is 2. The van der Waals surface area contributed by atoms with Gasteiger partial charge in [-0.25, -0.2) is 13.4 Å². The Kier molecular flexibility index (Phi) is 4.55. The Morgan fingerprint density at radius 3 is 2.84 bits per heavy atom. The molecule has 1 aromatic rings. The van der Waals surface area contributed by atoms with Gasteiger partial charge in [-0.2, -0.15) is 4.31 Å². The molecule has 0 N–H and O–H groups in total. The Balaban J connectivity index is 2.50. The Bertz CT molecular complexity index is 579. The lowest BCUT2D eigenvalue weighted by Crippen LogP contribution is -2.39. The fourth-order valence-electron chi connectivity index (χ4n) is 2.56. The van der Waals surface area contributed by atoms with Gasteiger partial charge in [-0.05, 0) is 48.2 Å². The molecular weight excluding hydrogens is 352 g/mol. The average Bonchev–Trinajstić information content (AvgIpc) is 2.74. The van der Waals surface area contributed by atoms with Crippen LogP contribution in [0.4, 0.5) is 0 Å². The molecular formula is C12H16BrClN2O2S. The van der Waals surface area contributed by atoms with Crippen LogP contribution < -0.4 is 0 Å². The van der Waals surface area contributed by atoms with Crippen molar-refractivity contribution in [1.82, 2.24) is 9.29 Å². The molecule has 0 spiro atoms. The molecule has 0 bridgehead atoms. The van der Waals surface area contributed by atoms with Crippen LogP contribution in [0.3, 0.4) is 0 Å². The third kappa shape index (κ3) is 2.82. The topological polar surface area (TPSA) is 50.3 Å². The quantitative estimate of drug-likeness (QED) is 0.769. The first-order valence-electron chi connectivity index (χ1n) is 6.22. The van der Waals surface area contributed by atoms with E-state index in [4.69, 9.17) is 11.6 Å². The van der Waals surface area contributed by atoms with Gasteiger partial charge >= 0.3 is 0 Å². The summed E-state index contributed by atoms with van der Waals surface area (Å²) in [6, 6.07) is 1.57. The summed E-state index contributed by atoms with van der Waals surface area (Å²) in [5, 5.41) is 0.0251. The van der Waals surface area contributed by atoms with E-state index in [1.54, 1.807) is 4.31 Å². The minimum Gasteiger partial charge on any atom is -0.242 e. The summed E-state index contributed by atoms with van der Waals surface area (Å²) < 4.78 is 27.7. The monoisotopic (exact) mass is 366 g/mol. The van der Waals surface area contributed by atoms with Gasteiger partial charge in [0, 0.05) is 22.8 Å². The molecule has 1 aromatic heterocycles. The second-order valence-corrected chi connectivity index (χ2v) is 7.85. The lowest BCUT2D eigenvalue weighted by molar-refractivity contribution is 0.328. The highest BCUT2D eigenvalue weighted by Gasteiger charge is 2.40. The van der Waals surface area contributed by atoms with Crippen molar-refractivity contribution >= 4 is 37.6 Å². The Hall–Kier alpha value is -0.170. The second-order valence-electron chi connectivity index (χ2n) is 4.77. The second kappa shape index (κ2) is 5.68. The molecule has 1 aliphatic heterocycles. The van der Waals surface area contributed by atoms with E-state index in [1.165, 1.54) is 12.3 Å². The van der Waals surface area contributed by atoms with Crippen LogP contribution in [0.15, 0.2) is 21.6 Å². The van der Waals surface area contributed by atoms with Crippen molar-refractivity contribution in [3.8, 4) is 0 Å². The van der Waals surface area contributed by atoms with Gasteiger partial charge in [0.05, 0.1) is 0 Å². The first-order chi connectivity index (χ1) is 8.87. The minimum absolute atomic E-state index is 0.00463. The lowest BCUT2D eigenvalue weighted by Gasteiger charge is -2.27. The van der Waals surface area contributed by atoms with Crippen molar-refractivity contribution in [2.24, 2.45) is 0 Å². The molecule has 2 rings (SSSR count). The van der Waals surface area contributed by atoms with Crippen molar-refractivity contribution < 1.29 is 8.42 Å². The highest BCUT2D eigenvalue weighted by atomic mass is 79.9. The van der Waals surface area contributed by atoms with Crippen molar-refractivity contribution in [2.75, 3.05) is 0 Å². The van der Waals surface area contributed by atoms with Gasteiger partial charge in [0.15, 0.2) is 0 Å². The molecule has 4 nitrogen and oxygen atoms in total. The van der Waals surface area contributed by atoms with Gasteiger partial charge in [0.25, 0.3) is 0 Å². The maximum atomic E-state index is 12.8. The third-order valence-electron chi connectivity index (χ3n) is 3.51. The zero-order valence-corrected chi connectivity index (χ0v) is 14.0. The fourth-order valence-corrected chi connectivity index (χ4v) is 5.44. The molecule has 106 valence electrons. The summed E-state index contributed by atoms with van der Waals surface area (Å²) in [4.78, 5) is 3.98. The molecule has 19 heavy (non-hydrogen) atoms. The van der Waals surface area contributed by atoms with Crippen molar-refractivity contribution in [3.63, 3.8) is 0 Å². The maximum Gasteiger partial charge on any atom is 0.246 e. The van der Waals surface area contributed by atoms with Crippen LogP contribution in [0, 0.1) is 0 Å². The summed E-state index contributed by atoms with van der Waals surface area (Å²) in [6.07, 6.45) is 4.08. The lowest BCUT2D eigenvalue weighted by atomic mass is 10.2. The van der Waals surface area contributed by atoms with E-state index in [1.807, 2.05) is 13.8 Å². The van der Waals surface area contributed by atoms with Gasteiger partial charge in [0.2, 0.25) is 10.0 Å². The van der Waals surface area contributed by atoms with E-state index in [0.29, 0.717) is 4.47 Å². The summed E-state index contributed by atoms with van der Waals surface area (Å²) in [5.74, 6) is 0. The van der Waals surface area contributed by atoms with Crippen LogP contribution in [0.5, 0.6) is 0 Å². The van der Waals surface area contributed by atoms with Crippen LogP contribution in [0.1, 0.15) is 33.1 Å². The largest absolute Gasteiger partial charge is 0.246 e. The summed E-state index contributed by atoms with van der Waals surface area (Å²) in [5.41, 5.74) is 0. The van der Waals surface area contributed by atoms with Crippen molar-refractivity contribution in [1.29, 1.82) is 0 Å². The molecule has 2 atom stereocenters. The third-order valence-corrected chi connectivity index (χ3v) is 6.44. The molecule has 0 radical (unpaired) electrons. The van der Waals surface area contributed by atoms with Gasteiger partial charge in [-0.3, -0.25) is 0 Å². The van der Waals surface area contributed by atoms with E-state index < -0.39 is 10.0 Å². The Labute approximate surface area is 127 Å². The SMILES string of the molecule is CCC1CCC(C)N1S(=O)(=O)c1cc(Br)cnc1Cl. The number of halogens is 2. The van der Waals surface area contributed by atoms with E-state index in [-0.39, 0.29) is 22.1 Å². The molecule has 1 fully saturated rings. The van der Waals surface area contributed by atoms with Crippen molar-refractivity contribution in [3.05, 3.63) is 21.9 Å². The molecule has 0 aliphatic carbocycles. The molecule has 2 unspecified atom stereocenters. The average molecular weight is 368 g/mol. The number of rotatable bonds is 3. The molecule has 1 aliphatic rings. The van der Waals surface area contributed by atoms with Crippen LogP contribution in [-0.4, -0.2) is 29.8 Å². The Morgan fingerprint density at radius 2 is 2.21 bits per heavy atom. The van der Waals surface area contributed by atoms with E-state index in [0.717, 1.165) is 19.3 Å². The molecule has 7 heteroatoms. The smallest absolute Gasteiger partial charge is 0.242 e. The fraction of sp³-hybridized carbons (Fsp3) is 0.583. The van der Waals surface area contributed by atoms with Gasteiger partial charge in [-0.1, -0.05) is 18.5 Å². The Morgan fingerprint density at radius 1 is 1.53 bits per heavy atom. The summed E-state index contributed by atoms with van der Waals surface area (Å²) in [7, 11) is -3.59. The molecule has 0 saturated carbocycles. The number of pyridine rings is 1. The van der Waals surface area contributed by atoms with Crippen LogP contribution in [-0.2, 0) is 10.0 Å². The van der Waals surface area contributed by atoms with Crippen LogP contribution in [0.25, 0.3) is 0 Å². The molecule has 2 heterocycles. The molecule has 0 aromatic carbocycles. The number of sulfonamides is 1. The predicted octanol–water partition coefficient (Wildman–Crippen LogP) is 3.45. The summed E-state index contributed by atoms with van der Waals surface area (Å²) >= 11 is 9.20. The number of hydrogen-bond acceptors (Lipinski definition) is 3. The van der Waals surface area contributed by atoms with E-state index in [2.05, 4.69) is 20.9 Å². The first-order valence-corrected chi connectivity index (χ1v) is 8.83. The minimum atomic E-state index is -3.59.